The number of anilines is 1. The first kappa shape index (κ1) is 20.1. The van der Waals surface area contributed by atoms with Gasteiger partial charge >= 0.3 is 0 Å². The second-order valence-electron chi connectivity index (χ2n) is 5.27. The highest BCUT2D eigenvalue weighted by Crippen LogP contribution is 2.08. The summed E-state index contributed by atoms with van der Waals surface area (Å²) in [7, 11) is 0. The van der Waals surface area contributed by atoms with E-state index in [0.29, 0.717) is 32.0 Å². The third kappa shape index (κ3) is 7.06. The van der Waals surface area contributed by atoms with E-state index in [1.807, 2.05) is 19.9 Å². The summed E-state index contributed by atoms with van der Waals surface area (Å²) in [6.07, 6.45) is 1.28. The second kappa shape index (κ2) is 10.7. The maximum Gasteiger partial charge on any atom is 0.254 e. The van der Waals surface area contributed by atoms with Crippen LogP contribution >= 0.6 is 0 Å². The number of carbonyl (C=O) groups is 2. The van der Waals surface area contributed by atoms with Gasteiger partial charge in [0, 0.05) is 26.0 Å². The molecule has 2 amide bonds. The molecule has 2 atom stereocenters. The number of pyridine rings is 1. The van der Waals surface area contributed by atoms with Crippen molar-refractivity contribution in [3.63, 3.8) is 0 Å². The summed E-state index contributed by atoms with van der Waals surface area (Å²) in [6, 6.07) is 3.63. The van der Waals surface area contributed by atoms with E-state index in [1.165, 1.54) is 0 Å². The molecule has 0 bridgehead atoms. The van der Waals surface area contributed by atoms with Crippen molar-refractivity contribution in [2.45, 2.75) is 46.3 Å². The van der Waals surface area contributed by atoms with Gasteiger partial charge < -0.3 is 20.1 Å². The molecule has 134 valence electrons. The van der Waals surface area contributed by atoms with Crippen LogP contribution in [0.5, 0.6) is 0 Å². The Morgan fingerprint density at radius 3 is 2.38 bits per heavy atom. The van der Waals surface area contributed by atoms with Gasteiger partial charge in [0.15, 0.2) is 0 Å². The Hall–Kier alpha value is -1.99. The van der Waals surface area contributed by atoms with E-state index in [-0.39, 0.29) is 11.8 Å². The number of nitrogens with zero attached hydrogens (tertiary/aromatic N) is 1. The van der Waals surface area contributed by atoms with Gasteiger partial charge in [0.1, 0.15) is 18.0 Å². The third-order valence-electron chi connectivity index (χ3n) is 3.36. The SMILES string of the molecule is CCOC(C)C(=O)NCCc1ccnc(NC(=O)C(C)OCC)c1. The van der Waals surface area contributed by atoms with Crippen LogP contribution in [0.15, 0.2) is 18.3 Å². The van der Waals surface area contributed by atoms with E-state index < -0.39 is 12.2 Å². The lowest BCUT2D eigenvalue weighted by Gasteiger charge is -2.13. The van der Waals surface area contributed by atoms with Crippen molar-refractivity contribution in [3.05, 3.63) is 23.9 Å². The number of aromatic nitrogens is 1. The lowest BCUT2D eigenvalue weighted by Crippen LogP contribution is -2.35. The fraction of sp³-hybridized carbons (Fsp3) is 0.588. The number of carbonyl (C=O) groups excluding carboxylic acids is 2. The zero-order valence-corrected chi connectivity index (χ0v) is 14.8. The van der Waals surface area contributed by atoms with Crippen LogP contribution in [0, 0.1) is 0 Å². The van der Waals surface area contributed by atoms with Gasteiger partial charge in [-0.05, 0) is 51.8 Å². The highest BCUT2D eigenvalue weighted by molar-refractivity contribution is 5.93. The summed E-state index contributed by atoms with van der Waals surface area (Å²) in [6.45, 7) is 8.57. The average Bonchev–Trinajstić information content (AvgIpc) is 2.55. The van der Waals surface area contributed by atoms with Crippen molar-refractivity contribution in [2.75, 3.05) is 25.1 Å². The normalized spacial score (nSPS) is 13.2. The molecule has 24 heavy (non-hydrogen) atoms. The largest absolute Gasteiger partial charge is 0.369 e. The minimum absolute atomic E-state index is 0.134. The molecule has 0 spiro atoms. The molecule has 0 aliphatic carbocycles. The highest BCUT2D eigenvalue weighted by atomic mass is 16.5. The topological polar surface area (TPSA) is 89.5 Å². The minimum Gasteiger partial charge on any atom is -0.369 e. The van der Waals surface area contributed by atoms with Gasteiger partial charge in [-0.25, -0.2) is 4.98 Å². The molecule has 1 aromatic heterocycles. The zero-order chi connectivity index (χ0) is 17.9. The van der Waals surface area contributed by atoms with E-state index >= 15 is 0 Å². The van der Waals surface area contributed by atoms with E-state index in [2.05, 4.69) is 15.6 Å². The maximum absolute atomic E-state index is 11.9. The van der Waals surface area contributed by atoms with Crippen LogP contribution in [0.25, 0.3) is 0 Å². The van der Waals surface area contributed by atoms with E-state index in [1.54, 1.807) is 26.1 Å². The average molecular weight is 337 g/mol. The molecule has 7 nitrogen and oxygen atoms in total. The number of hydrogen-bond donors (Lipinski definition) is 2. The molecule has 0 radical (unpaired) electrons. The van der Waals surface area contributed by atoms with Gasteiger partial charge in [0.05, 0.1) is 0 Å². The molecule has 1 heterocycles. The summed E-state index contributed by atoms with van der Waals surface area (Å²) in [5.41, 5.74) is 0.966. The standard InChI is InChI=1S/C17H27N3O4/c1-5-23-12(3)16(21)19-10-8-14-7-9-18-15(11-14)20-17(22)13(4)24-6-2/h7,9,11-13H,5-6,8,10H2,1-4H3,(H,19,21)(H,18,20,22). The number of rotatable bonds is 10. The lowest BCUT2D eigenvalue weighted by atomic mass is 10.2. The second-order valence-corrected chi connectivity index (χ2v) is 5.27. The molecule has 0 saturated carbocycles. The predicted octanol–water partition coefficient (Wildman–Crippen LogP) is 1.53. The van der Waals surface area contributed by atoms with Crippen molar-refractivity contribution in [1.82, 2.24) is 10.3 Å². The summed E-state index contributed by atoms with van der Waals surface area (Å²) < 4.78 is 10.5. The molecule has 1 rings (SSSR count). The Bertz CT molecular complexity index is 536. The van der Waals surface area contributed by atoms with Crippen LogP contribution < -0.4 is 10.6 Å². The molecule has 2 N–H and O–H groups in total. The number of ether oxygens (including phenoxy) is 2. The quantitative estimate of drug-likeness (QED) is 0.676. The summed E-state index contributed by atoms with van der Waals surface area (Å²) in [5, 5.41) is 5.54. The van der Waals surface area contributed by atoms with Crippen LogP contribution in [-0.2, 0) is 25.5 Å². The first-order chi connectivity index (χ1) is 11.5. The Balaban J connectivity index is 2.48. The predicted molar refractivity (Wildman–Crippen MR) is 91.8 cm³/mol. The van der Waals surface area contributed by atoms with Crippen molar-refractivity contribution < 1.29 is 19.1 Å². The zero-order valence-electron chi connectivity index (χ0n) is 14.8. The number of nitrogens with one attached hydrogen (secondary N) is 2. The first-order valence-electron chi connectivity index (χ1n) is 8.24. The van der Waals surface area contributed by atoms with Crippen molar-refractivity contribution in [1.29, 1.82) is 0 Å². The summed E-state index contributed by atoms with van der Waals surface area (Å²) >= 11 is 0. The lowest BCUT2D eigenvalue weighted by molar-refractivity contribution is -0.131. The summed E-state index contributed by atoms with van der Waals surface area (Å²) in [4.78, 5) is 27.8. The fourth-order valence-electron chi connectivity index (χ4n) is 2.05. The van der Waals surface area contributed by atoms with Crippen molar-refractivity contribution >= 4 is 17.6 Å². The van der Waals surface area contributed by atoms with Crippen LogP contribution in [0.4, 0.5) is 5.82 Å². The molecule has 0 saturated heterocycles. The number of amides is 2. The van der Waals surface area contributed by atoms with E-state index in [4.69, 9.17) is 9.47 Å². The molecule has 0 fully saturated rings. The van der Waals surface area contributed by atoms with Crippen molar-refractivity contribution in [3.8, 4) is 0 Å². The number of hydrogen-bond acceptors (Lipinski definition) is 5. The van der Waals surface area contributed by atoms with Crippen LogP contribution in [0.1, 0.15) is 33.3 Å². The van der Waals surface area contributed by atoms with Crippen LogP contribution in [0.3, 0.4) is 0 Å². The van der Waals surface area contributed by atoms with Gasteiger partial charge in [-0.3, -0.25) is 9.59 Å². The Labute approximate surface area is 143 Å². The Morgan fingerprint density at radius 1 is 1.12 bits per heavy atom. The van der Waals surface area contributed by atoms with Crippen LogP contribution in [-0.4, -0.2) is 48.8 Å². The van der Waals surface area contributed by atoms with Gasteiger partial charge in [0.25, 0.3) is 5.91 Å². The molecule has 0 aromatic carbocycles. The highest BCUT2D eigenvalue weighted by Gasteiger charge is 2.14. The molecule has 7 heteroatoms. The molecule has 2 unspecified atom stereocenters. The van der Waals surface area contributed by atoms with E-state index in [9.17, 15) is 9.59 Å². The van der Waals surface area contributed by atoms with Gasteiger partial charge in [0.2, 0.25) is 5.91 Å². The third-order valence-corrected chi connectivity index (χ3v) is 3.36. The summed E-state index contributed by atoms with van der Waals surface area (Å²) in [5.74, 6) is 0.100. The van der Waals surface area contributed by atoms with Gasteiger partial charge in [-0.2, -0.15) is 0 Å². The van der Waals surface area contributed by atoms with Gasteiger partial charge in [-0.15, -0.1) is 0 Å². The molecular formula is C17H27N3O4. The molecule has 0 aliphatic heterocycles. The molecule has 1 aromatic rings. The fourth-order valence-corrected chi connectivity index (χ4v) is 2.05. The van der Waals surface area contributed by atoms with Crippen molar-refractivity contribution in [2.24, 2.45) is 0 Å². The monoisotopic (exact) mass is 337 g/mol. The Kier molecular flexibility index (Phi) is 8.96. The maximum atomic E-state index is 11.9. The Morgan fingerprint density at radius 2 is 1.75 bits per heavy atom. The molecular weight excluding hydrogens is 310 g/mol. The molecule has 0 aliphatic rings. The smallest absolute Gasteiger partial charge is 0.254 e. The minimum atomic E-state index is -0.528. The van der Waals surface area contributed by atoms with Gasteiger partial charge in [-0.1, -0.05) is 0 Å². The van der Waals surface area contributed by atoms with Crippen LogP contribution in [0.2, 0.25) is 0 Å². The van der Waals surface area contributed by atoms with E-state index in [0.717, 1.165) is 5.56 Å². The first-order valence-corrected chi connectivity index (χ1v) is 8.24.